The molecule has 0 radical (unpaired) electrons. The first-order chi connectivity index (χ1) is 17.1. The van der Waals surface area contributed by atoms with Crippen LogP contribution in [0.15, 0.2) is 65.8 Å². The highest BCUT2D eigenvalue weighted by molar-refractivity contribution is 8.18. The number of para-hydroxylation sites is 1. The van der Waals surface area contributed by atoms with Gasteiger partial charge in [0.1, 0.15) is 5.82 Å². The highest BCUT2D eigenvalue weighted by Gasteiger charge is 2.26. The molecule has 0 bridgehead atoms. The van der Waals surface area contributed by atoms with E-state index < -0.39 is 5.91 Å². The molecule has 2 aromatic heterocycles. The zero-order valence-corrected chi connectivity index (χ0v) is 20.1. The average Bonchev–Trinajstić information content (AvgIpc) is 3.07. The number of carbonyl (C=O) groups is 2. The Hall–Kier alpha value is -3.92. The fourth-order valence-electron chi connectivity index (χ4n) is 4.10. The van der Waals surface area contributed by atoms with E-state index in [9.17, 15) is 9.59 Å². The molecule has 0 unspecified atom stereocenters. The van der Waals surface area contributed by atoms with Gasteiger partial charge in [0.05, 0.1) is 10.6 Å². The van der Waals surface area contributed by atoms with Crippen LogP contribution in [0.3, 0.4) is 0 Å². The lowest BCUT2D eigenvalue weighted by atomic mass is 10.2. The van der Waals surface area contributed by atoms with Gasteiger partial charge in [0.25, 0.3) is 11.1 Å². The van der Waals surface area contributed by atoms with Gasteiger partial charge in [-0.15, -0.1) is 0 Å². The summed E-state index contributed by atoms with van der Waals surface area (Å²) in [5, 5.41) is 1.93. The third kappa shape index (κ3) is 5.27. The quantitative estimate of drug-likeness (QED) is 0.541. The Balaban J connectivity index is 1.47. The zero-order chi connectivity index (χ0) is 24.2. The zero-order valence-electron chi connectivity index (χ0n) is 19.3. The van der Waals surface area contributed by atoms with Crippen LogP contribution in [0.25, 0.3) is 6.08 Å². The van der Waals surface area contributed by atoms with E-state index in [0.29, 0.717) is 22.4 Å². The lowest BCUT2D eigenvalue weighted by Crippen LogP contribution is -2.32. The first-order valence-corrected chi connectivity index (χ1v) is 12.2. The van der Waals surface area contributed by atoms with Gasteiger partial charge in [-0.25, -0.2) is 4.98 Å². The van der Waals surface area contributed by atoms with E-state index in [0.717, 1.165) is 55.7 Å². The minimum atomic E-state index is -0.402. The normalized spacial score (nSPS) is 17.5. The van der Waals surface area contributed by atoms with Gasteiger partial charge in [0, 0.05) is 63.1 Å². The van der Waals surface area contributed by atoms with Crippen molar-refractivity contribution in [3.63, 3.8) is 0 Å². The molecule has 9 nitrogen and oxygen atoms in total. The second-order valence-electron chi connectivity index (χ2n) is 8.23. The van der Waals surface area contributed by atoms with Crippen LogP contribution >= 0.6 is 11.8 Å². The standard InChI is InChI=1S/C25H25N7O2S/c1-30(19-6-3-2-4-7-19)22-17-18(16-21-23(33)29-25(34)35-21)27-24(28-22)32-13-5-12-31(14-15-32)20-8-10-26-11-9-20/h2-4,6-11,16-17H,5,12-15H2,1H3,(H,29,33,34)/b21-16-. The Bertz CT molecular complexity index is 1250. The van der Waals surface area contributed by atoms with Crippen LogP contribution in [0, 0.1) is 0 Å². The molecule has 0 atom stereocenters. The average molecular weight is 488 g/mol. The molecule has 1 aromatic carbocycles. The molecule has 0 aliphatic carbocycles. The minimum absolute atomic E-state index is 0.327. The van der Waals surface area contributed by atoms with Crippen molar-refractivity contribution in [2.45, 2.75) is 6.42 Å². The van der Waals surface area contributed by atoms with Gasteiger partial charge in [-0.05, 0) is 48.5 Å². The number of thioether (sulfide) groups is 1. The van der Waals surface area contributed by atoms with Gasteiger partial charge >= 0.3 is 0 Å². The maximum absolute atomic E-state index is 12.1. The molecule has 4 heterocycles. The number of carbonyl (C=O) groups excluding carboxylic acids is 2. The molecular formula is C25H25N7O2S. The number of imide groups is 1. The van der Waals surface area contributed by atoms with Crippen LogP contribution in [0.4, 0.5) is 27.9 Å². The van der Waals surface area contributed by atoms with Crippen LogP contribution < -0.4 is 20.0 Å². The monoisotopic (exact) mass is 487 g/mol. The SMILES string of the molecule is CN(c1ccccc1)c1cc(/C=C2\SC(=O)NC2=O)nc(N2CCCN(c3ccncc3)CC2)n1. The minimum Gasteiger partial charge on any atom is -0.370 e. The molecule has 35 heavy (non-hydrogen) atoms. The lowest BCUT2D eigenvalue weighted by molar-refractivity contribution is -0.115. The molecule has 2 aliphatic rings. The van der Waals surface area contributed by atoms with Crippen molar-refractivity contribution in [3.05, 3.63) is 71.5 Å². The first kappa shape index (κ1) is 22.9. The van der Waals surface area contributed by atoms with Crippen molar-refractivity contribution in [1.29, 1.82) is 0 Å². The third-order valence-corrected chi connectivity index (χ3v) is 6.75. The summed E-state index contributed by atoms with van der Waals surface area (Å²) in [4.78, 5) is 44.4. The molecular weight excluding hydrogens is 462 g/mol. The highest BCUT2D eigenvalue weighted by Crippen LogP contribution is 2.29. The number of aromatic nitrogens is 3. The number of benzene rings is 1. The van der Waals surface area contributed by atoms with E-state index in [4.69, 9.17) is 9.97 Å². The predicted molar refractivity (Wildman–Crippen MR) is 139 cm³/mol. The van der Waals surface area contributed by atoms with Crippen LogP contribution in [-0.2, 0) is 4.79 Å². The van der Waals surface area contributed by atoms with Crippen molar-refractivity contribution in [2.24, 2.45) is 0 Å². The van der Waals surface area contributed by atoms with E-state index in [-0.39, 0.29) is 5.24 Å². The number of nitrogens with zero attached hydrogens (tertiary/aromatic N) is 6. The Labute approximate surface area is 207 Å². The Morgan fingerprint density at radius 2 is 1.71 bits per heavy atom. The third-order valence-electron chi connectivity index (χ3n) is 5.94. The largest absolute Gasteiger partial charge is 0.370 e. The molecule has 1 N–H and O–H groups in total. The maximum atomic E-state index is 12.1. The molecule has 3 aromatic rings. The molecule has 0 spiro atoms. The van der Waals surface area contributed by atoms with E-state index in [1.54, 1.807) is 6.08 Å². The van der Waals surface area contributed by atoms with E-state index in [1.807, 2.05) is 72.9 Å². The number of anilines is 4. The Morgan fingerprint density at radius 1 is 0.971 bits per heavy atom. The summed E-state index contributed by atoms with van der Waals surface area (Å²) in [6.07, 6.45) is 6.23. The second kappa shape index (κ2) is 10.1. The predicted octanol–water partition coefficient (Wildman–Crippen LogP) is 3.68. The van der Waals surface area contributed by atoms with Crippen molar-refractivity contribution >= 4 is 52.1 Å². The van der Waals surface area contributed by atoms with Crippen LogP contribution in [-0.4, -0.2) is 59.3 Å². The number of nitrogens with one attached hydrogen (secondary N) is 1. The molecule has 2 saturated heterocycles. The summed E-state index contributed by atoms with van der Waals surface area (Å²) in [5.74, 6) is 0.905. The first-order valence-electron chi connectivity index (χ1n) is 11.4. The van der Waals surface area contributed by atoms with Crippen molar-refractivity contribution < 1.29 is 9.59 Å². The van der Waals surface area contributed by atoms with Crippen molar-refractivity contribution in [1.82, 2.24) is 20.3 Å². The topological polar surface area (TPSA) is 94.6 Å². The molecule has 5 rings (SSSR count). The molecule has 0 saturated carbocycles. The summed E-state index contributed by atoms with van der Waals surface area (Å²) < 4.78 is 0. The van der Waals surface area contributed by atoms with Crippen LogP contribution in [0.5, 0.6) is 0 Å². The Kier molecular flexibility index (Phi) is 6.62. The summed E-state index contributed by atoms with van der Waals surface area (Å²) in [5.41, 5.74) is 2.72. The van der Waals surface area contributed by atoms with Crippen LogP contribution in [0.1, 0.15) is 12.1 Å². The number of pyridine rings is 1. The van der Waals surface area contributed by atoms with Gasteiger partial charge in [-0.2, -0.15) is 4.98 Å². The van der Waals surface area contributed by atoms with E-state index in [1.165, 1.54) is 0 Å². The van der Waals surface area contributed by atoms with Gasteiger partial charge in [-0.3, -0.25) is 19.9 Å². The van der Waals surface area contributed by atoms with Crippen LogP contribution in [0.2, 0.25) is 0 Å². The number of hydrogen-bond donors (Lipinski definition) is 1. The van der Waals surface area contributed by atoms with E-state index in [2.05, 4.69) is 20.1 Å². The molecule has 2 fully saturated rings. The molecule has 2 amide bonds. The summed E-state index contributed by atoms with van der Waals surface area (Å²) in [6.45, 7) is 3.32. The van der Waals surface area contributed by atoms with Gasteiger partial charge in [0.2, 0.25) is 5.95 Å². The number of rotatable bonds is 5. The second-order valence-corrected chi connectivity index (χ2v) is 9.25. The number of amides is 2. The fourth-order valence-corrected chi connectivity index (χ4v) is 4.76. The fraction of sp³-hybridized carbons (Fsp3) is 0.240. The van der Waals surface area contributed by atoms with Crippen molar-refractivity contribution in [2.75, 3.05) is 47.9 Å². The molecule has 2 aliphatic heterocycles. The van der Waals surface area contributed by atoms with Gasteiger partial charge in [-0.1, -0.05) is 18.2 Å². The van der Waals surface area contributed by atoms with Gasteiger partial charge < -0.3 is 14.7 Å². The van der Waals surface area contributed by atoms with E-state index >= 15 is 0 Å². The summed E-state index contributed by atoms with van der Waals surface area (Å²) in [7, 11) is 1.95. The summed E-state index contributed by atoms with van der Waals surface area (Å²) in [6, 6.07) is 15.8. The highest BCUT2D eigenvalue weighted by atomic mass is 32.2. The van der Waals surface area contributed by atoms with Gasteiger partial charge in [0.15, 0.2) is 0 Å². The molecule has 178 valence electrons. The maximum Gasteiger partial charge on any atom is 0.290 e. The van der Waals surface area contributed by atoms with Crippen molar-refractivity contribution in [3.8, 4) is 0 Å². The lowest BCUT2D eigenvalue weighted by Gasteiger charge is -2.25. The Morgan fingerprint density at radius 3 is 2.46 bits per heavy atom. The number of hydrogen-bond acceptors (Lipinski definition) is 9. The summed E-state index contributed by atoms with van der Waals surface area (Å²) >= 11 is 0.884. The molecule has 10 heteroatoms. The smallest absolute Gasteiger partial charge is 0.290 e.